The van der Waals surface area contributed by atoms with Crippen molar-refractivity contribution in [3.05, 3.63) is 23.8 Å². The number of benzene rings is 1. The van der Waals surface area contributed by atoms with Crippen LogP contribution in [0, 0.1) is 29.6 Å². The molecule has 2 aliphatic rings. The molecule has 1 saturated heterocycles. The van der Waals surface area contributed by atoms with Crippen molar-refractivity contribution >= 4 is 15.9 Å². The van der Waals surface area contributed by atoms with E-state index in [2.05, 4.69) is 25.7 Å². The SMILES string of the molecule is CC(C)CC#Cc1ccc2c(c1)O[C@H](CN(C)C(=O)C1CCOCC1)[C@H](C)CN([C@@H](C)CO)S2(=O)=O. The normalized spacial score (nSPS) is 23.4. The molecular formula is C27H40N2O6S. The molecule has 0 unspecified atom stereocenters. The Labute approximate surface area is 216 Å². The first-order chi connectivity index (χ1) is 17.0. The van der Waals surface area contributed by atoms with Gasteiger partial charge in [0.25, 0.3) is 0 Å². The van der Waals surface area contributed by atoms with Crippen molar-refractivity contribution in [2.45, 2.75) is 64.0 Å². The Bertz CT molecular complexity index is 1070. The maximum atomic E-state index is 13.6. The second-order valence-electron chi connectivity index (χ2n) is 10.4. The van der Waals surface area contributed by atoms with Crippen molar-refractivity contribution in [1.82, 2.24) is 9.21 Å². The van der Waals surface area contributed by atoms with Crippen LogP contribution >= 0.6 is 0 Å². The third-order valence-electron chi connectivity index (χ3n) is 6.81. The Kier molecular flexibility index (Phi) is 9.81. The third-order valence-corrected chi connectivity index (χ3v) is 8.83. The number of nitrogens with zero attached hydrogens (tertiary/aromatic N) is 2. The fourth-order valence-corrected chi connectivity index (χ4v) is 6.32. The highest BCUT2D eigenvalue weighted by molar-refractivity contribution is 7.89. The van der Waals surface area contributed by atoms with E-state index in [1.807, 2.05) is 6.92 Å². The zero-order chi connectivity index (χ0) is 26.5. The molecule has 0 aliphatic carbocycles. The number of carbonyl (C=O) groups excluding carboxylic acids is 1. The molecule has 8 nitrogen and oxygen atoms in total. The van der Waals surface area contributed by atoms with Crippen molar-refractivity contribution in [2.24, 2.45) is 17.8 Å². The van der Waals surface area contributed by atoms with Gasteiger partial charge in [-0.2, -0.15) is 4.31 Å². The Morgan fingerprint density at radius 3 is 2.58 bits per heavy atom. The first-order valence-electron chi connectivity index (χ1n) is 12.8. The Hall–Kier alpha value is -2.12. The van der Waals surface area contributed by atoms with Gasteiger partial charge in [-0.1, -0.05) is 32.6 Å². The molecule has 1 aromatic carbocycles. The van der Waals surface area contributed by atoms with Gasteiger partial charge in [0.15, 0.2) is 0 Å². The lowest BCUT2D eigenvalue weighted by molar-refractivity contribution is -0.138. The smallest absolute Gasteiger partial charge is 0.247 e. The molecule has 2 aliphatic heterocycles. The summed E-state index contributed by atoms with van der Waals surface area (Å²) in [5, 5.41) is 9.81. The number of aliphatic hydroxyl groups is 1. The van der Waals surface area contributed by atoms with E-state index in [4.69, 9.17) is 9.47 Å². The van der Waals surface area contributed by atoms with Gasteiger partial charge in [0.2, 0.25) is 15.9 Å². The molecule has 200 valence electrons. The van der Waals surface area contributed by atoms with Gasteiger partial charge in [-0.15, -0.1) is 0 Å². The molecule has 9 heteroatoms. The second kappa shape index (κ2) is 12.4. The lowest BCUT2D eigenvalue weighted by atomic mass is 9.97. The minimum Gasteiger partial charge on any atom is -0.487 e. The van der Waals surface area contributed by atoms with Gasteiger partial charge in [-0.25, -0.2) is 8.42 Å². The van der Waals surface area contributed by atoms with Crippen LogP contribution in [0.2, 0.25) is 0 Å². The lowest BCUT2D eigenvalue weighted by Gasteiger charge is -2.38. The molecule has 0 bridgehead atoms. The van der Waals surface area contributed by atoms with Gasteiger partial charge in [0, 0.05) is 56.7 Å². The Balaban J connectivity index is 1.96. The van der Waals surface area contributed by atoms with Crippen LogP contribution in [-0.4, -0.2) is 80.7 Å². The largest absolute Gasteiger partial charge is 0.487 e. The van der Waals surface area contributed by atoms with E-state index in [0.29, 0.717) is 44.1 Å². The standard InChI is InChI=1S/C27H40N2O6S/c1-19(2)7-6-8-22-9-10-26-24(15-22)35-25(17-28(5)27(31)23-11-13-34-14-12-23)20(3)16-29(21(4)18-30)36(26,32)33/h9-10,15,19-21,23,25,30H,7,11-14,16-18H2,1-5H3/t20-,21+,25-/m1/s1. The summed E-state index contributed by atoms with van der Waals surface area (Å²) in [5.41, 5.74) is 0.671. The van der Waals surface area contributed by atoms with E-state index in [9.17, 15) is 18.3 Å². The number of amides is 1. The van der Waals surface area contributed by atoms with Gasteiger partial charge in [-0.05, 0) is 43.9 Å². The van der Waals surface area contributed by atoms with Crippen molar-refractivity contribution < 1.29 is 27.8 Å². The fourth-order valence-electron chi connectivity index (χ4n) is 4.49. The number of sulfonamides is 1. The highest BCUT2D eigenvalue weighted by atomic mass is 32.2. The molecule has 1 amide bonds. The van der Waals surface area contributed by atoms with E-state index in [0.717, 1.165) is 6.42 Å². The first kappa shape index (κ1) is 28.5. The van der Waals surface area contributed by atoms with E-state index < -0.39 is 22.2 Å². The minimum absolute atomic E-state index is 0.0486. The highest BCUT2D eigenvalue weighted by Crippen LogP contribution is 2.34. The summed E-state index contributed by atoms with van der Waals surface area (Å²) in [6, 6.07) is 4.30. The number of ether oxygens (including phenoxy) is 2. The fraction of sp³-hybridized carbons (Fsp3) is 0.667. The molecule has 0 radical (unpaired) electrons. The summed E-state index contributed by atoms with van der Waals surface area (Å²) < 4.78 is 40.3. The van der Waals surface area contributed by atoms with Gasteiger partial charge in [-0.3, -0.25) is 4.79 Å². The topological polar surface area (TPSA) is 96.4 Å². The molecule has 3 rings (SSSR count). The molecule has 1 aromatic rings. The second-order valence-corrected chi connectivity index (χ2v) is 12.3. The molecule has 2 heterocycles. The number of carbonyl (C=O) groups is 1. The Morgan fingerprint density at radius 2 is 1.94 bits per heavy atom. The predicted octanol–water partition coefficient (Wildman–Crippen LogP) is 2.74. The third kappa shape index (κ3) is 6.80. The maximum Gasteiger partial charge on any atom is 0.247 e. The number of fused-ring (bicyclic) bond motifs is 1. The van der Waals surface area contributed by atoms with Gasteiger partial charge in [0.05, 0.1) is 13.2 Å². The van der Waals surface area contributed by atoms with E-state index in [1.54, 1.807) is 31.0 Å². The lowest BCUT2D eigenvalue weighted by Crippen LogP contribution is -2.50. The zero-order valence-electron chi connectivity index (χ0n) is 22.1. The molecule has 36 heavy (non-hydrogen) atoms. The summed E-state index contributed by atoms with van der Waals surface area (Å²) >= 11 is 0. The molecule has 1 N–H and O–H groups in total. The maximum absolute atomic E-state index is 13.6. The molecule has 0 saturated carbocycles. The Morgan fingerprint density at radius 1 is 1.25 bits per heavy atom. The molecule has 1 fully saturated rings. The molecule has 0 spiro atoms. The van der Waals surface area contributed by atoms with Gasteiger partial charge < -0.3 is 19.5 Å². The van der Waals surface area contributed by atoms with Crippen molar-refractivity contribution in [2.75, 3.05) is 40.0 Å². The quantitative estimate of drug-likeness (QED) is 0.580. The zero-order valence-corrected chi connectivity index (χ0v) is 22.9. The molecular weight excluding hydrogens is 480 g/mol. The summed E-state index contributed by atoms with van der Waals surface area (Å²) in [7, 11) is -2.15. The monoisotopic (exact) mass is 520 g/mol. The van der Waals surface area contributed by atoms with E-state index >= 15 is 0 Å². The predicted molar refractivity (Wildman–Crippen MR) is 138 cm³/mol. The summed E-state index contributed by atoms with van der Waals surface area (Å²) in [6.45, 7) is 9.15. The number of hydrogen-bond acceptors (Lipinski definition) is 6. The summed E-state index contributed by atoms with van der Waals surface area (Å²) in [6.07, 6.45) is 1.69. The van der Waals surface area contributed by atoms with Crippen LogP contribution in [0.4, 0.5) is 0 Å². The first-order valence-corrected chi connectivity index (χ1v) is 14.2. The van der Waals surface area contributed by atoms with Crippen LogP contribution in [-0.2, 0) is 19.6 Å². The molecule has 0 aromatic heterocycles. The highest BCUT2D eigenvalue weighted by Gasteiger charge is 2.38. The van der Waals surface area contributed by atoms with Crippen LogP contribution in [0.25, 0.3) is 0 Å². The van der Waals surface area contributed by atoms with E-state index in [1.165, 1.54) is 10.4 Å². The van der Waals surface area contributed by atoms with Crippen LogP contribution in [0.15, 0.2) is 23.1 Å². The summed E-state index contributed by atoms with van der Waals surface area (Å²) in [4.78, 5) is 14.8. The van der Waals surface area contributed by atoms with Gasteiger partial charge >= 0.3 is 0 Å². The number of likely N-dealkylation sites (N-methyl/N-ethyl adjacent to an activating group) is 1. The average Bonchev–Trinajstić information content (AvgIpc) is 2.85. The van der Waals surface area contributed by atoms with Crippen molar-refractivity contribution in [1.29, 1.82) is 0 Å². The van der Waals surface area contributed by atoms with Crippen LogP contribution in [0.3, 0.4) is 0 Å². The number of rotatable bonds is 6. The van der Waals surface area contributed by atoms with Gasteiger partial charge in [0.1, 0.15) is 16.7 Å². The summed E-state index contributed by atoms with van der Waals surface area (Å²) in [5.74, 6) is 6.65. The van der Waals surface area contributed by atoms with Crippen LogP contribution in [0.5, 0.6) is 5.75 Å². The van der Waals surface area contributed by atoms with Crippen molar-refractivity contribution in [3.8, 4) is 17.6 Å². The number of hydrogen-bond donors (Lipinski definition) is 1. The molecule has 3 atom stereocenters. The minimum atomic E-state index is -3.92. The number of aliphatic hydroxyl groups excluding tert-OH is 1. The average molecular weight is 521 g/mol. The van der Waals surface area contributed by atoms with E-state index in [-0.39, 0.29) is 41.5 Å². The van der Waals surface area contributed by atoms with Crippen molar-refractivity contribution in [3.63, 3.8) is 0 Å². The van der Waals surface area contributed by atoms with Crippen LogP contribution < -0.4 is 4.74 Å². The van der Waals surface area contributed by atoms with Crippen LogP contribution in [0.1, 0.15) is 52.5 Å².